The highest BCUT2D eigenvalue weighted by atomic mass is 33.1. The van der Waals surface area contributed by atoms with Crippen molar-refractivity contribution in [1.82, 2.24) is 5.32 Å². The molecule has 4 N–H and O–H groups in total. The summed E-state index contributed by atoms with van der Waals surface area (Å²) < 4.78 is 0. The average molecular weight is 241 g/mol. The van der Waals surface area contributed by atoms with Gasteiger partial charge in [0.1, 0.15) is 0 Å². The number of rotatable bonds is 7. The van der Waals surface area contributed by atoms with Gasteiger partial charge in [-0.05, 0) is 23.8 Å². The molecule has 0 saturated heterocycles. The Morgan fingerprint density at radius 2 is 2.21 bits per heavy atom. The van der Waals surface area contributed by atoms with Crippen LogP contribution in [0.5, 0.6) is 0 Å². The van der Waals surface area contributed by atoms with Gasteiger partial charge in [0.05, 0.1) is 0 Å². The summed E-state index contributed by atoms with van der Waals surface area (Å²) in [5.41, 5.74) is 0. The fourth-order valence-electron chi connectivity index (χ4n) is 0.857. The van der Waals surface area contributed by atoms with E-state index in [1.807, 2.05) is 6.92 Å². The van der Waals surface area contributed by atoms with Crippen LogP contribution in [0.4, 0.5) is 0 Å². The molecule has 0 aliphatic heterocycles. The number of hydrogen-bond donors (Lipinski definition) is 5. The van der Waals surface area contributed by atoms with Gasteiger partial charge in [0.2, 0.25) is 5.12 Å². The van der Waals surface area contributed by atoms with Gasteiger partial charge < -0.3 is 15.3 Å². The normalized spacial score (nSPS) is 14.0. The summed E-state index contributed by atoms with van der Waals surface area (Å²) >= 11 is 3.59. The van der Waals surface area contributed by atoms with Gasteiger partial charge >= 0.3 is 5.97 Å². The third-order valence-corrected chi connectivity index (χ3v) is 2.95. The summed E-state index contributed by atoms with van der Waals surface area (Å²) in [6.45, 7) is 2.38. The monoisotopic (exact) mass is 241 g/mol. The van der Waals surface area contributed by atoms with Crippen molar-refractivity contribution in [2.75, 3.05) is 6.54 Å². The molecule has 5 nitrogen and oxygen atoms in total. The van der Waals surface area contributed by atoms with Crippen LogP contribution in [-0.4, -0.2) is 39.0 Å². The lowest BCUT2D eigenvalue weighted by Crippen LogP contribution is -2.53. The maximum atomic E-state index is 10.7. The van der Waals surface area contributed by atoms with E-state index in [1.165, 1.54) is 0 Å². The first-order valence-corrected chi connectivity index (χ1v) is 6.06. The maximum Gasteiger partial charge on any atom is 0.327 e. The van der Waals surface area contributed by atoms with E-state index >= 15 is 0 Å². The van der Waals surface area contributed by atoms with Crippen LogP contribution in [0, 0.1) is 0 Å². The summed E-state index contributed by atoms with van der Waals surface area (Å²) in [6, 6.07) is -1.43. The number of unbranched alkanes of at least 4 members (excludes halogenated alkanes) is 1. The number of nitrogens with one attached hydrogen (secondary N) is 1. The van der Waals surface area contributed by atoms with E-state index in [1.54, 1.807) is 0 Å². The fraction of sp³-hybridized carbons (Fsp3) is 0.857. The van der Waals surface area contributed by atoms with Crippen molar-refractivity contribution in [3.05, 3.63) is 0 Å². The van der Waals surface area contributed by atoms with Crippen molar-refractivity contribution in [1.29, 1.82) is 0 Å². The smallest absolute Gasteiger partial charge is 0.327 e. The molecule has 14 heavy (non-hydrogen) atoms. The highest BCUT2D eigenvalue weighted by Gasteiger charge is 2.39. The number of carbonyl (C=O) groups is 1. The molecule has 0 aromatic heterocycles. The lowest BCUT2D eigenvalue weighted by Gasteiger charge is -2.26. The molecule has 0 saturated carbocycles. The third kappa shape index (κ3) is 4.52. The Kier molecular flexibility index (Phi) is 6.54. The zero-order chi connectivity index (χ0) is 11.2. The molecule has 0 radical (unpaired) electrons. The summed E-state index contributed by atoms with van der Waals surface area (Å²) in [5, 5.41) is 27.4. The second-order valence-electron chi connectivity index (χ2n) is 2.83. The van der Waals surface area contributed by atoms with Gasteiger partial charge in [-0.3, -0.25) is 10.1 Å². The van der Waals surface area contributed by atoms with E-state index in [0.717, 1.165) is 12.8 Å². The van der Waals surface area contributed by atoms with Gasteiger partial charge in [-0.2, -0.15) is 0 Å². The molecule has 0 aliphatic carbocycles. The molecule has 0 heterocycles. The standard InChI is InChI=1S/C7H15NO4S2/c1-2-3-4-8-5(6(9)10)7(11,12)14-13/h5,8,11-13H,2-4H2,1H3,(H,9,10)/t5-/m1/s1. The van der Waals surface area contributed by atoms with E-state index in [0.29, 0.717) is 17.3 Å². The molecule has 7 heteroatoms. The Morgan fingerprint density at radius 1 is 1.64 bits per heavy atom. The van der Waals surface area contributed by atoms with E-state index in [2.05, 4.69) is 17.0 Å². The van der Waals surface area contributed by atoms with E-state index in [-0.39, 0.29) is 0 Å². The molecule has 0 aromatic carbocycles. The number of carboxylic acid groups (broad SMARTS) is 1. The lowest BCUT2D eigenvalue weighted by atomic mass is 10.2. The number of carboxylic acids is 1. The fourth-order valence-corrected chi connectivity index (χ4v) is 1.46. The first kappa shape index (κ1) is 14.1. The predicted octanol–water partition coefficient (Wildman–Crippen LogP) is 0.0457. The Hall–Kier alpha value is 0.0500. The Balaban J connectivity index is 4.22. The molecule has 84 valence electrons. The quantitative estimate of drug-likeness (QED) is 0.187. The number of thiol groups is 1. The van der Waals surface area contributed by atoms with Crippen LogP contribution in [-0.2, 0) is 4.79 Å². The van der Waals surface area contributed by atoms with Gasteiger partial charge in [-0.25, -0.2) is 0 Å². The van der Waals surface area contributed by atoms with Gasteiger partial charge in [-0.15, -0.1) is 11.7 Å². The maximum absolute atomic E-state index is 10.7. The average Bonchev–Trinajstić information content (AvgIpc) is 2.11. The minimum absolute atomic E-state index is 0.384. The topological polar surface area (TPSA) is 89.8 Å². The summed E-state index contributed by atoms with van der Waals surface area (Å²) in [6.07, 6.45) is 1.67. The van der Waals surface area contributed by atoms with Crippen LogP contribution in [0.25, 0.3) is 0 Å². The molecule has 0 aromatic rings. The zero-order valence-corrected chi connectivity index (χ0v) is 9.51. The Bertz CT molecular complexity index is 189. The van der Waals surface area contributed by atoms with Crippen LogP contribution >= 0.6 is 22.5 Å². The third-order valence-electron chi connectivity index (χ3n) is 1.64. The number of hydrogen-bond acceptors (Lipinski definition) is 6. The highest BCUT2D eigenvalue weighted by Crippen LogP contribution is 2.26. The van der Waals surface area contributed by atoms with Crippen LogP contribution in [0.15, 0.2) is 0 Å². The van der Waals surface area contributed by atoms with Crippen LogP contribution < -0.4 is 5.32 Å². The van der Waals surface area contributed by atoms with Crippen molar-refractivity contribution in [2.45, 2.75) is 30.9 Å². The van der Waals surface area contributed by atoms with Gasteiger partial charge in [-0.1, -0.05) is 13.3 Å². The molecule has 0 unspecified atom stereocenters. The Morgan fingerprint density at radius 3 is 2.57 bits per heavy atom. The van der Waals surface area contributed by atoms with Crippen molar-refractivity contribution in [3.8, 4) is 0 Å². The molecule has 0 bridgehead atoms. The second kappa shape index (κ2) is 6.52. The van der Waals surface area contributed by atoms with Gasteiger partial charge in [0, 0.05) is 0 Å². The predicted molar refractivity (Wildman–Crippen MR) is 58.1 cm³/mol. The first-order chi connectivity index (χ1) is 6.45. The summed E-state index contributed by atoms with van der Waals surface area (Å²) in [7, 11) is 0.384. The second-order valence-corrected chi connectivity index (χ2v) is 4.16. The zero-order valence-electron chi connectivity index (χ0n) is 7.80. The highest BCUT2D eigenvalue weighted by molar-refractivity contribution is 8.69. The lowest BCUT2D eigenvalue weighted by molar-refractivity contribution is -0.158. The van der Waals surface area contributed by atoms with Gasteiger partial charge in [0.15, 0.2) is 6.04 Å². The largest absolute Gasteiger partial charge is 0.480 e. The van der Waals surface area contributed by atoms with Crippen LogP contribution in [0.2, 0.25) is 0 Å². The van der Waals surface area contributed by atoms with Gasteiger partial charge in [0.25, 0.3) is 0 Å². The SMILES string of the molecule is CCCCN[C@H](C(=O)O)C(O)(O)SS. The van der Waals surface area contributed by atoms with Crippen molar-refractivity contribution >= 4 is 28.4 Å². The molecule has 0 spiro atoms. The summed E-state index contributed by atoms with van der Waals surface area (Å²) in [5.74, 6) is -1.31. The van der Waals surface area contributed by atoms with Crippen LogP contribution in [0.1, 0.15) is 19.8 Å². The number of aliphatic hydroxyl groups is 2. The molecule has 0 amide bonds. The summed E-state index contributed by atoms with van der Waals surface area (Å²) in [4.78, 5) is 10.7. The van der Waals surface area contributed by atoms with E-state index in [4.69, 9.17) is 5.11 Å². The van der Waals surface area contributed by atoms with Crippen LogP contribution in [0.3, 0.4) is 0 Å². The number of aliphatic carboxylic acids is 1. The molecular formula is C7H15NO4S2. The Labute approximate surface area is 91.7 Å². The minimum atomic E-state index is -2.40. The first-order valence-electron chi connectivity index (χ1n) is 4.19. The van der Waals surface area contributed by atoms with E-state index < -0.39 is 17.1 Å². The molecule has 0 rings (SSSR count). The van der Waals surface area contributed by atoms with E-state index in [9.17, 15) is 15.0 Å². The molecule has 1 atom stereocenters. The molecular weight excluding hydrogens is 226 g/mol. The van der Waals surface area contributed by atoms with Crippen molar-refractivity contribution in [3.63, 3.8) is 0 Å². The van der Waals surface area contributed by atoms with Crippen molar-refractivity contribution < 1.29 is 20.1 Å². The molecule has 0 aliphatic rings. The van der Waals surface area contributed by atoms with Crippen molar-refractivity contribution in [2.24, 2.45) is 0 Å². The minimum Gasteiger partial charge on any atom is -0.480 e. The molecule has 0 fully saturated rings.